The maximum Gasteiger partial charge on any atom is 0.247 e. The van der Waals surface area contributed by atoms with Gasteiger partial charge in [-0.25, -0.2) is 13.4 Å². The van der Waals surface area contributed by atoms with Crippen molar-refractivity contribution in [3.63, 3.8) is 0 Å². The molecule has 2 amide bonds. The van der Waals surface area contributed by atoms with E-state index in [1.165, 1.54) is 17.4 Å². The van der Waals surface area contributed by atoms with Crippen LogP contribution < -0.4 is 21.5 Å². The smallest absolute Gasteiger partial charge is 0.247 e. The highest BCUT2D eigenvalue weighted by Gasteiger charge is 2.40. The van der Waals surface area contributed by atoms with Gasteiger partial charge < -0.3 is 16.6 Å². The molecule has 15 heteroatoms. The van der Waals surface area contributed by atoms with Crippen molar-refractivity contribution in [2.45, 2.75) is 48.7 Å². The molecule has 1 saturated heterocycles. The van der Waals surface area contributed by atoms with Crippen LogP contribution in [0.5, 0.6) is 0 Å². The molecule has 242 valence electrons. The zero-order valence-corrected chi connectivity index (χ0v) is 26.5. The van der Waals surface area contributed by atoms with Crippen LogP contribution in [-0.2, 0) is 19.6 Å². The molecule has 1 aliphatic rings. The number of nitrogens with zero attached hydrogens (tertiary/aromatic N) is 3. The molecule has 7 N–H and O–H groups in total. The summed E-state index contributed by atoms with van der Waals surface area (Å²) in [6.45, 7) is -0.196. The summed E-state index contributed by atoms with van der Waals surface area (Å²) in [5.41, 5.74) is 11.6. The third kappa shape index (κ3) is 7.40. The Kier molecular flexibility index (Phi) is 10.4. The Morgan fingerprint density at radius 3 is 2.57 bits per heavy atom. The van der Waals surface area contributed by atoms with Crippen LogP contribution in [0, 0.1) is 0 Å². The summed E-state index contributed by atoms with van der Waals surface area (Å²) >= 11 is 1.27. The van der Waals surface area contributed by atoms with Crippen LogP contribution in [0.25, 0.3) is 21.0 Å². The number of para-hydroxylation sites is 1. The van der Waals surface area contributed by atoms with Crippen LogP contribution in [0.4, 0.5) is 0 Å². The molecule has 3 atom stereocenters. The van der Waals surface area contributed by atoms with Gasteiger partial charge in [-0.3, -0.25) is 29.6 Å². The molecule has 0 spiro atoms. The SMILES string of the molecule is NC(N)=NCCCC(C(=O)c1nc2ccccc2s1)N1CCC[C@H]1C(=O)NC(=O)[C@H](CO)NS(=O)(=O)c1cccc2ccccc12. The number of sulfonamides is 1. The number of aliphatic hydroxyl groups is 1. The van der Waals surface area contributed by atoms with E-state index in [2.05, 4.69) is 20.0 Å². The molecule has 1 aliphatic heterocycles. The minimum Gasteiger partial charge on any atom is -0.394 e. The van der Waals surface area contributed by atoms with E-state index in [9.17, 15) is 27.9 Å². The molecule has 1 unspecified atom stereocenters. The number of amides is 2. The van der Waals surface area contributed by atoms with Gasteiger partial charge in [-0.1, -0.05) is 48.5 Å². The van der Waals surface area contributed by atoms with Crippen molar-refractivity contribution in [2.24, 2.45) is 16.5 Å². The molecule has 1 fully saturated rings. The summed E-state index contributed by atoms with van der Waals surface area (Å²) in [6, 6.07) is 15.7. The Hall–Kier alpha value is -4.28. The Balaban J connectivity index is 1.32. The van der Waals surface area contributed by atoms with Crippen LogP contribution >= 0.6 is 11.3 Å². The average molecular weight is 666 g/mol. The summed E-state index contributed by atoms with van der Waals surface area (Å²) < 4.78 is 29.6. The first kappa shape index (κ1) is 33.1. The molecule has 0 bridgehead atoms. The lowest BCUT2D eigenvalue weighted by Gasteiger charge is -2.31. The molecule has 4 aromatic rings. The lowest BCUT2D eigenvalue weighted by molar-refractivity contribution is -0.134. The molecular weight excluding hydrogens is 631 g/mol. The molecular formula is C31H35N7O6S2. The number of nitrogens with one attached hydrogen (secondary N) is 2. The van der Waals surface area contributed by atoms with Crippen molar-refractivity contribution in [2.75, 3.05) is 19.7 Å². The van der Waals surface area contributed by atoms with Crippen molar-refractivity contribution in [1.82, 2.24) is 19.9 Å². The fraction of sp³-hybridized carbons (Fsp3) is 0.323. The predicted molar refractivity (Wildman–Crippen MR) is 176 cm³/mol. The van der Waals surface area contributed by atoms with Crippen LogP contribution in [0.15, 0.2) is 76.6 Å². The number of aromatic nitrogens is 1. The number of rotatable bonds is 13. The summed E-state index contributed by atoms with van der Waals surface area (Å²) in [5.74, 6) is -2.03. The van der Waals surface area contributed by atoms with Gasteiger partial charge in [0.2, 0.25) is 27.6 Å². The van der Waals surface area contributed by atoms with Crippen molar-refractivity contribution >= 4 is 65.9 Å². The first-order valence-corrected chi connectivity index (χ1v) is 17.1. The number of imide groups is 1. The number of aliphatic hydroxyl groups excluding tert-OH is 1. The number of fused-ring (bicyclic) bond motifs is 2. The van der Waals surface area contributed by atoms with E-state index >= 15 is 0 Å². The predicted octanol–water partition coefficient (Wildman–Crippen LogP) is 1.50. The highest BCUT2D eigenvalue weighted by molar-refractivity contribution is 7.89. The highest BCUT2D eigenvalue weighted by Crippen LogP contribution is 2.29. The van der Waals surface area contributed by atoms with E-state index in [4.69, 9.17) is 11.5 Å². The normalized spacial score (nSPS) is 16.7. The number of hydrogen-bond acceptors (Lipinski definition) is 10. The maximum atomic E-state index is 13.9. The summed E-state index contributed by atoms with van der Waals surface area (Å²) in [4.78, 5) is 50.8. The Labute approximate surface area is 269 Å². The topological polar surface area (TPSA) is 210 Å². The van der Waals surface area contributed by atoms with Gasteiger partial charge in [0.1, 0.15) is 6.04 Å². The van der Waals surface area contributed by atoms with E-state index in [0.29, 0.717) is 53.5 Å². The number of carbonyl (C=O) groups excluding carboxylic acids is 3. The zero-order valence-electron chi connectivity index (χ0n) is 24.8. The van der Waals surface area contributed by atoms with Crippen LogP contribution in [-0.4, -0.2) is 84.8 Å². The minimum atomic E-state index is -4.27. The second-order valence-electron chi connectivity index (χ2n) is 10.9. The van der Waals surface area contributed by atoms with Gasteiger partial charge in [0.15, 0.2) is 11.0 Å². The number of hydrogen-bond donors (Lipinski definition) is 5. The lowest BCUT2D eigenvalue weighted by atomic mass is 10.0. The van der Waals surface area contributed by atoms with E-state index in [0.717, 1.165) is 4.70 Å². The first-order chi connectivity index (χ1) is 22.1. The maximum absolute atomic E-state index is 13.9. The molecule has 0 aliphatic carbocycles. The number of benzene rings is 3. The Bertz CT molecular complexity index is 1850. The Morgan fingerprint density at radius 2 is 1.80 bits per heavy atom. The number of nitrogens with two attached hydrogens (primary N) is 2. The van der Waals surface area contributed by atoms with Crippen molar-refractivity contribution < 1.29 is 27.9 Å². The summed E-state index contributed by atoms with van der Waals surface area (Å²) in [7, 11) is -4.27. The van der Waals surface area contributed by atoms with Crippen molar-refractivity contribution in [1.29, 1.82) is 0 Å². The lowest BCUT2D eigenvalue weighted by Crippen LogP contribution is -2.55. The second-order valence-corrected chi connectivity index (χ2v) is 13.6. The fourth-order valence-electron chi connectivity index (χ4n) is 5.65. The number of thiazole rings is 1. The molecule has 1 aromatic heterocycles. The minimum absolute atomic E-state index is 0.0675. The van der Waals surface area contributed by atoms with Gasteiger partial charge in [0, 0.05) is 11.9 Å². The summed E-state index contributed by atoms with van der Waals surface area (Å²) in [5, 5.41) is 13.7. The van der Waals surface area contributed by atoms with Crippen molar-refractivity contribution in [3.05, 3.63) is 71.7 Å². The third-order valence-electron chi connectivity index (χ3n) is 7.82. The zero-order chi connectivity index (χ0) is 32.8. The number of Topliss-reactive ketones (excluding diaryl/α,β-unsaturated/α-hetero) is 1. The van der Waals surface area contributed by atoms with Gasteiger partial charge in [0.25, 0.3) is 0 Å². The van der Waals surface area contributed by atoms with Gasteiger partial charge in [-0.05, 0) is 55.8 Å². The number of guanidine groups is 1. The van der Waals surface area contributed by atoms with Gasteiger partial charge in [-0.15, -0.1) is 11.3 Å². The van der Waals surface area contributed by atoms with Crippen LogP contribution in [0.2, 0.25) is 0 Å². The first-order valence-electron chi connectivity index (χ1n) is 14.8. The fourth-order valence-corrected chi connectivity index (χ4v) is 8.02. The van der Waals surface area contributed by atoms with E-state index in [1.807, 2.05) is 24.3 Å². The van der Waals surface area contributed by atoms with Gasteiger partial charge in [-0.2, -0.15) is 4.72 Å². The monoisotopic (exact) mass is 665 g/mol. The second kappa shape index (κ2) is 14.4. The largest absolute Gasteiger partial charge is 0.394 e. The third-order valence-corrected chi connectivity index (χ3v) is 10.4. The van der Waals surface area contributed by atoms with E-state index in [-0.39, 0.29) is 23.2 Å². The average Bonchev–Trinajstić information content (AvgIpc) is 3.71. The molecule has 0 saturated carbocycles. The molecule has 0 radical (unpaired) electrons. The van der Waals surface area contributed by atoms with Crippen LogP contribution in [0.1, 0.15) is 35.5 Å². The molecule has 46 heavy (non-hydrogen) atoms. The quantitative estimate of drug-likeness (QED) is 0.0601. The highest BCUT2D eigenvalue weighted by atomic mass is 32.2. The molecule has 13 nitrogen and oxygen atoms in total. The molecule has 2 heterocycles. The van der Waals surface area contributed by atoms with Gasteiger partial charge >= 0.3 is 0 Å². The van der Waals surface area contributed by atoms with E-state index in [1.54, 1.807) is 41.3 Å². The number of aliphatic imine (C=N–C) groups is 1. The van der Waals surface area contributed by atoms with E-state index < -0.39 is 46.6 Å². The van der Waals surface area contributed by atoms with Crippen molar-refractivity contribution in [3.8, 4) is 0 Å². The standard InChI is InChI=1S/C31H35N7O6S2/c32-31(33)34-16-6-12-23(27(40)30-35-21-11-3-4-14-25(21)45-30)38-17-7-13-24(38)29(42)36-28(41)22(18-39)37-46(43,44)26-15-5-9-19-8-1-2-10-20(19)26/h1-5,8-11,14-15,22-24,37,39H,6-7,12-13,16-18H2,(H4,32,33,34)(H,36,41,42)/t22-,23?,24-/m0/s1. The van der Waals surface area contributed by atoms with Crippen LogP contribution in [0.3, 0.4) is 0 Å². The number of carbonyl (C=O) groups is 3. The Morgan fingerprint density at radius 1 is 1.07 bits per heavy atom. The molecule has 5 rings (SSSR count). The van der Waals surface area contributed by atoms with Gasteiger partial charge in [0.05, 0.1) is 33.8 Å². The number of ketones is 1. The number of likely N-dealkylation sites (tertiary alicyclic amines) is 1. The summed E-state index contributed by atoms with van der Waals surface area (Å²) in [6.07, 6.45) is 1.72. The molecule has 3 aromatic carbocycles.